The van der Waals surface area contributed by atoms with Gasteiger partial charge in [-0.2, -0.15) is 0 Å². The molecule has 1 unspecified atom stereocenters. The van der Waals surface area contributed by atoms with Crippen LogP contribution < -0.4 is 5.32 Å². The quantitative estimate of drug-likeness (QED) is 0.916. The van der Waals surface area contributed by atoms with Crippen molar-refractivity contribution in [1.82, 2.24) is 15.2 Å². The number of nitrogens with one attached hydrogen (secondary N) is 1. The van der Waals surface area contributed by atoms with Gasteiger partial charge in [-0.3, -0.25) is 4.98 Å². The van der Waals surface area contributed by atoms with Crippen molar-refractivity contribution in [2.45, 2.75) is 71.6 Å². The summed E-state index contributed by atoms with van der Waals surface area (Å²) in [5, 5.41) is 3.62. The molecule has 1 fully saturated rings. The van der Waals surface area contributed by atoms with E-state index in [1.807, 2.05) is 37.9 Å². The molecule has 1 aromatic rings. The second-order valence-electron chi connectivity index (χ2n) is 7.44. The molecule has 0 saturated carbocycles. The van der Waals surface area contributed by atoms with Crippen LogP contribution in [0.5, 0.6) is 0 Å². The maximum atomic E-state index is 12.2. The Morgan fingerprint density at radius 3 is 2.88 bits per heavy atom. The van der Waals surface area contributed by atoms with Gasteiger partial charge in [0.15, 0.2) is 0 Å². The van der Waals surface area contributed by atoms with Gasteiger partial charge in [-0.25, -0.2) is 4.79 Å². The van der Waals surface area contributed by atoms with Crippen molar-refractivity contribution in [3.8, 4) is 0 Å². The molecule has 1 N–H and O–H groups in total. The van der Waals surface area contributed by atoms with Gasteiger partial charge in [-0.15, -0.1) is 0 Å². The van der Waals surface area contributed by atoms with Gasteiger partial charge in [0.05, 0.1) is 5.69 Å². The van der Waals surface area contributed by atoms with E-state index in [4.69, 9.17) is 4.74 Å². The molecule has 134 valence electrons. The monoisotopic (exact) mass is 333 g/mol. The molecule has 2 rings (SSSR count). The van der Waals surface area contributed by atoms with E-state index in [1.54, 1.807) is 0 Å². The smallest absolute Gasteiger partial charge is 0.410 e. The lowest BCUT2D eigenvalue weighted by atomic mass is 10.1. The summed E-state index contributed by atoms with van der Waals surface area (Å²) in [7, 11) is 0. The van der Waals surface area contributed by atoms with Crippen LogP contribution in [0, 0.1) is 0 Å². The Morgan fingerprint density at radius 2 is 2.17 bits per heavy atom. The molecule has 0 spiro atoms. The number of aryl methyl sites for hydroxylation is 1. The van der Waals surface area contributed by atoms with E-state index in [1.165, 1.54) is 5.56 Å². The van der Waals surface area contributed by atoms with Crippen molar-refractivity contribution in [3.63, 3.8) is 0 Å². The highest BCUT2D eigenvalue weighted by atomic mass is 16.6. The standard InChI is InChI=1S/C19H31N3O2/c1-5-15-8-6-11-20-17(15)14-21-16-9-7-12-22(13-10-16)18(23)24-19(2,3)4/h6,8,11,16,21H,5,7,9-10,12-14H2,1-4H3. The summed E-state index contributed by atoms with van der Waals surface area (Å²) in [6.45, 7) is 10.2. The molecule has 1 amide bonds. The van der Waals surface area contributed by atoms with Gasteiger partial charge in [0.2, 0.25) is 0 Å². The number of amides is 1. The highest BCUT2D eigenvalue weighted by Gasteiger charge is 2.25. The zero-order chi connectivity index (χ0) is 17.6. The Bertz CT molecular complexity index is 540. The second-order valence-corrected chi connectivity index (χ2v) is 7.44. The number of pyridine rings is 1. The zero-order valence-corrected chi connectivity index (χ0v) is 15.5. The number of rotatable bonds is 4. The van der Waals surface area contributed by atoms with Crippen LogP contribution in [0.25, 0.3) is 0 Å². The normalized spacial score (nSPS) is 19.0. The number of hydrogen-bond donors (Lipinski definition) is 1. The lowest BCUT2D eigenvalue weighted by Crippen LogP contribution is -2.38. The minimum Gasteiger partial charge on any atom is -0.444 e. The van der Waals surface area contributed by atoms with Crippen LogP contribution in [-0.4, -0.2) is 40.7 Å². The van der Waals surface area contributed by atoms with E-state index >= 15 is 0 Å². The molecule has 1 saturated heterocycles. The predicted molar refractivity (Wildman–Crippen MR) is 95.9 cm³/mol. The Morgan fingerprint density at radius 1 is 1.38 bits per heavy atom. The highest BCUT2D eigenvalue weighted by molar-refractivity contribution is 5.68. The van der Waals surface area contributed by atoms with Gasteiger partial charge in [0, 0.05) is 31.9 Å². The number of nitrogens with zero attached hydrogens (tertiary/aromatic N) is 2. The van der Waals surface area contributed by atoms with Gasteiger partial charge in [0.25, 0.3) is 0 Å². The average Bonchev–Trinajstić information content (AvgIpc) is 2.77. The fraction of sp³-hybridized carbons (Fsp3) is 0.684. The van der Waals surface area contributed by atoms with E-state index in [9.17, 15) is 4.79 Å². The Hall–Kier alpha value is -1.62. The van der Waals surface area contributed by atoms with Gasteiger partial charge >= 0.3 is 6.09 Å². The van der Waals surface area contributed by atoms with Crippen molar-refractivity contribution in [2.75, 3.05) is 13.1 Å². The summed E-state index contributed by atoms with van der Waals surface area (Å²) in [6.07, 6.45) is 5.69. The van der Waals surface area contributed by atoms with Crippen LogP contribution in [0.1, 0.15) is 58.2 Å². The maximum absolute atomic E-state index is 12.2. The molecular formula is C19H31N3O2. The number of ether oxygens (including phenoxy) is 1. The average molecular weight is 333 g/mol. The molecule has 0 radical (unpaired) electrons. The SMILES string of the molecule is CCc1cccnc1CNC1CCCN(C(=O)OC(C)(C)C)CC1. The van der Waals surface area contributed by atoms with E-state index in [2.05, 4.69) is 23.3 Å². The van der Waals surface area contributed by atoms with Gasteiger partial charge < -0.3 is 15.0 Å². The first-order chi connectivity index (χ1) is 11.4. The molecule has 1 aliphatic rings. The van der Waals surface area contributed by atoms with Crippen LogP contribution in [0.3, 0.4) is 0 Å². The number of carbonyl (C=O) groups is 1. The molecule has 2 heterocycles. The molecule has 0 aliphatic carbocycles. The van der Waals surface area contributed by atoms with E-state index < -0.39 is 5.60 Å². The first kappa shape index (κ1) is 18.7. The molecule has 1 aliphatic heterocycles. The molecular weight excluding hydrogens is 302 g/mol. The van der Waals surface area contributed by atoms with Gasteiger partial charge in [0.1, 0.15) is 5.60 Å². The fourth-order valence-electron chi connectivity index (χ4n) is 3.00. The minimum atomic E-state index is -0.434. The molecule has 24 heavy (non-hydrogen) atoms. The Labute approximate surface area is 145 Å². The van der Waals surface area contributed by atoms with Crippen molar-refractivity contribution < 1.29 is 9.53 Å². The Balaban J connectivity index is 1.84. The summed E-state index contributed by atoms with van der Waals surface area (Å²) in [5.74, 6) is 0. The number of hydrogen-bond acceptors (Lipinski definition) is 4. The molecule has 0 aromatic carbocycles. The lowest BCUT2D eigenvalue weighted by molar-refractivity contribution is 0.0256. The molecule has 0 bridgehead atoms. The molecule has 1 atom stereocenters. The van der Waals surface area contributed by atoms with E-state index in [0.717, 1.165) is 51.0 Å². The largest absolute Gasteiger partial charge is 0.444 e. The van der Waals surface area contributed by atoms with Crippen LogP contribution in [0.2, 0.25) is 0 Å². The fourth-order valence-corrected chi connectivity index (χ4v) is 3.00. The van der Waals surface area contributed by atoms with Crippen molar-refractivity contribution >= 4 is 6.09 Å². The van der Waals surface area contributed by atoms with Crippen molar-refractivity contribution in [1.29, 1.82) is 0 Å². The third-order valence-electron chi connectivity index (χ3n) is 4.30. The molecule has 5 nitrogen and oxygen atoms in total. The number of likely N-dealkylation sites (tertiary alicyclic amines) is 1. The number of aromatic nitrogens is 1. The number of carbonyl (C=O) groups excluding carboxylic acids is 1. The van der Waals surface area contributed by atoms with Crippen LogP contribution in [0.4, 0.5) is 4.79 Å². The Kier molecular flexibility index (Phi) is 6.60. The van der Waals surface area contributed by atoms with Crippen LogP contribution in [-0.2, 0) is 17.7 Å². The molecule has 5 heteroatoms. The summed E-state index contributed by atoms with van der Waals surface area (Å²) >= 11 is 0. The minimum absolute atomic E-state index is 0.193. The van der Waals surface area contributed by atoms with Crippen molar-refractivity contribution in [3.05, 3.63) is 29.6 Å². The zero-order valence-electron chi connectivity index (χ0n) is 15.5. The van der Waals surface area contributed by atoms with Crippen molar-refractivity contribution in [2.24, 2.45) is 0 Å². The second kappa shape index (κ2) is 8.47. The third kappa shape index (κ3) is 5.78. The molecule has 1 aromatic heterocycles. The van der Waals surface area contributed by atoms with Crippen LogP contribution in [0.15, 0.2) is 18.3 Å². The predicted octanol–water partition coefficient (Wildman–Crippen LogP) is 3.52. The first-order valence-electron chi connectivity index (χ1n) is 9.03. The van der Waals surface area contributed by atoms with E-state index in [-0.39, 0.29) is 6.09 Å². The lowest BCUT2D eigenvalue weighted by Gasteiger charge is -2.26. The topological polar surface area (TPSA) is 54.5 Å². The first-order valence-corrected chi connectivity index (χ1v) is 9.03. The third-order valence-corrected chi connectivity index (χ3v) is 4.30. The summed E-state index contributed by atoms with van der Waals surface area (Å²) in [6, 6.07) is 4.55. The van der Waals surface area contributed by atoms with Gasteiger partial charge in [-0.05, 0) is 58.1 Å². The van der Waals surface area contributed by atoms with E-state index in [0.29, 0.717) is 6.04 Å². The maximum Gasteiger partial charge on any atom is 0.410 e. The van der Waals surface area contributed by atoms with Crippen LogP contribution >= 0.6 is 0 Å². The highest BCUT2D eigenvalue weighted by Crippen LogP contribution is 2.16. The van der Waals surface area contributed by atoms with Gasteiger partial charge in [-0.1, -0.05) is 13.0 Å². The summed E-state index contributed by atoms with van der Waals surface area (Å²) < 4.78 is 5.48. The summed E-state index contributed by atoms with van der Waals surface area (Å²) in [5.41, 5.74) is 2.00. The summed E-state index contributed by atoms with van der Waals surface area (Å²) in [4.78, 5) is 18.5.